The van der Waals surface area contributed by atoms with Crippen LogP contribution in [-0.4, -0.2) is 4.57 Å². The molecule has 1 heterocycles. The number of benzene rings is 10. The molecule has 0 saturated heterocycles. The molecule has 11 rings (SSSR count). The largest absolute Gasteiger partial charge is 0.311 e. The zero-order valence-electron chi connectivity index (χ0n) is 72.9. The fraction of sp³-hybridized carbons (Fsp3) is 0. The summed E-state index contributed by atoms with van der Waals surface area (Å²) in [6.07, 6.45) is 0. The van der Waals surface area contributed by atoms with Crippen molar-refractivity contribution in [3.8, 4) is 61.3 Å². The van der Waals surface area contributed by atoms with Gasteiger partial charge in [-0.15, -0.1) is 0 Å². The molecule has 0 aliphatic heterocycles. The van der Waals surface area contributed by atoms with E-state index in [0.717, 1.165) is 0 Å². The summed E-state index contributed by atoms with van der Waals surface area (Å²) in [6.45, 7) is 0. The number of rotatable bonds is 9. The number of hydrogen-bond donors (Lipinski definition) is 0. The van der Waals surface area contributed by atoms with Gasteiger partial charge in [0, 0.05) is 33.5 Å². The molecule has 0 saturated carbocycles. The minimum absolute atomic E-state index is 0.138. The molecule has 62 heavy (non-hydrogen) atoms. The van der Waals surface area contributed by atoms with Crippen LogP contribution in [0.2, 0.25) is 0 Å². The third-order valence-electron chi connectivity index (χ3n) is 8.94. The minimum Gasteiger partial charge on any atom is -0.311 e. The summed E-state index contributed by atoms with van der Waals surface area (Å²) < 4.78 is 381. The molecule has 0 N–H and O–H groups in total. The third-order valence-corrected chi connectivity index (χ3v) is 8.94. The topological polar surface area (TPSA) is 8.17 Å². The predicted octanol–water partition coefficient (Wildman–Crippen LogP) is 16.6. The molecular formula is C60H42N2. The summed E-state index contributed by atoms with van der Waals surface area (Å²) in [5, 5.41) is -1.45. The van der Waals surface area contributed by atoms with E-state index in [1.165, 1.54) is 0 Å². The molecule has 0 atom stereocenters. The summed E-state index contributed by atoms with van der Waals surface area (Å²) >= 11 is 0. The van der Waals surface area contributed by atoms with E-state index in [-0.39, 0.29) is 4.90 Å². The van der Waals surface area contributed by atoms with E-state index < -0.39 is 354 Å². The monoisotopic (exact) mass is 833 g/mol. The summed E-state index contributed by atoms with van der Waals surface area (Å²) in [6, 6.07) is -48.9. The lowest BCUT2D eigenvalue weighted by atomic mass is 9.94. The molecule has 11 aromatic rings. The minimum atomic E-state index is -1.49. The van der Waals surface area contributed by atoms with Crippen molar-refractivity contribution in [1.82, 2.24) is 4.57 Å². The van der Waals surface area contributed by atoms with Crippen LogP contribution in [0, 0.1) is 0 Å². The first-order chi connectivity index (χ1) is 48.2. The number of fused-ring (bicyclic) bond motifs is 3. The Morgan fingerprint density at radius 1 is 0.274 bits per heavy atom. The number of hydrogen-bond acceptors (Lipinski definition) is 1. The fourth-order valence-corrected chi connectivity index (χ4v) is 6.18. The molecule has 0 spiro atoms. The molecule has 0 unspecified atom stereocenters. The highest BCUT2D eigenvalue weighted by Crippen LogP contribution is 2.40. The van der Waals surface area contributed by atoms with Crippen LogP contribution in [0.3, 0.4) is 0 Å². The van der Waals surface area contributed by atoms with Gasteiger partial charge in [0.25, 0.3) is 0 Å². The average molecular weight is 833 g/mol. The number of aromatic nitrogens is 1. The molecule has 292 valence electrons. The molecule has 10 aromatic carbocycles. The van der Waals surface area contributed by atoms with E-state index in [1.807, 2.05) is 0 Å². The Balaban J connectivity index is 1.28. The van der Waals surface area contributed by atoms with Crippen LogP contribution in [0.4, 0.5) is 17.1 Å². The van der Waals surface area contributed by atoms with Crippen LogP contribution in [0.15, 0.2) is 254 Å². The Kier molecular flexibility index (Phi) is 3.48. The molecular weight excluding hydrogens is 749 g/mol. The Morgan fingerprint density at radius 3 is 1.18 bits per heavy atom. The maximum absolute atomic E-state index is 9.85. The van der Waals surface area contributed by atoms with Crippen molar-refractivity contribution in [1.29, 1.82) is 0 Å². The maximum atomic E-state index is 9.85. The Morgan fingerprint density at radius 2 is 0.629 bits per heavy atom. The molecule has 2 nitrogen and oxygen atoms in total. The van der Waals surface area contributed by atoms with E-state index in [2.05, 4.69) is 0 Å². The van der Waals surface area contributed by atoms with Gasteiger partial charge in [-0.3, -0.25) is 0 Å². The van der Waals surface area contributed by atoms with Crippen LogP contribution in [-0.2, 0) is 0 Å². The lowest BCUT2D eigenvalue weighted by molar-refractivity contribution is 1.18. The SMILES string of the molecule is [2H]c1c([2H])c([2H])c(-c2c([2H])c([2H])c(-c3c([2H])c([2H])c(N(c4c([2H])c([2H])c(-c5c([2H])c([2H])c([2H])c([2H])c5-c5c([2H])c([2H])c([2H])c([2H])c5[2H])c([2H])c4[2H])c4c([2H])c([2H])c(-c5c([2H])c([2H])c6c(c5[2H])c5c([2H])c([2H])c([2H])c([2H])c5n6-c5c([2H])c([2H])c([2H])c([2H])c5[2H])c([2H])c4[2H])c([2H])c3[2H])c([2H])c2[2H])c([2H])c1[2H]. The molecule has 0 aliphatic rings. The second-order valence-electron chi connectivity index (χ2n) is 12.5. The van der Waals surface area contributed by atoms with Gasteiger partial charge in [-0.05, 0) is 122 Å². The van der Waals surface area contributed by atoms with Crippen LogP contribution < -0.4 is 4.90 Å². The van der Waals surface area contributed by atoms with Gasteiger partial charge in [0.05, 0.1) is 68.6 Å². The van der Waals surface area contributed by atoms with Gasteiger partial charge in [-0.1, -0.05) is 187 Å². The highest BCUT2D eigenvalue weighted by Gasteiger charge is 2.17. The van der Waals surface area contributed by atoms with E-state index in [9.17, 15) is 23.3 Å². The second kappa shape index (κ2) is 16.1. The van der Waals surface area contributed by atoms with E-state index in [4.69, 9.17) is 34.3 Å². The van der Waals surface area contributed by atoms with Crippen LogP contribution >= 0.6 is 0 Å². The lowest BCUT2D eigenvalue weighted by Crippen LogP contribution is -2.09. The zero-order valence-corrected chi connectivity index (χ0v) is 30.9. The van der Waals surface area contributed by atoms with Crippen LogP contribution in [0.1, 0.15) is 57.6 Å². The van der Waals surface area contributed by atoms with Gasteiger partial charge in [0.2, 0.25) is 0 Å². The average Bonchev–Trinajstić information content (AvgIpc) is 1.31. The van der Waals surface area contributed by atoms with Crippen molar-refractivity contribution in [3.05, 3.63) is 254 Å². The van der Waals surface area contributed by atoms with E-state index in [0.29, 0.717) is 4.57 Å². The number of anilines is 3. The molecule has 2 heteroatoms. The molecule has 0 fully saturated rings. The van der Waals surface area contributed by atoms with Crippen molar-refractivity contribution in [3.63, 3.8) is 0 Å². The van der Waals surface area contributed by atoms with Gasteiger partial charge in [0.15, 0.2) is 0 Å². The third kappa shape index (κ3) is 6.94. The molecule has 0 aliphatic carbocycles. The summed E-state index contributed by atoms with van der Waals surface area (Å²) in [7, 11) is 0. The molecule has 0 bridgehead atoms. The van der Waals surface area contributed by atoms with Gasteiger partial charge < -0.3 is 9.47 Å². The predicted molar refractivity (Wildman–Crippen MR) is 263 cm³/mol. The van der Waals surface area contributed by atoms with Crippen molar-refractivity contribution >= 4 is 38.9 Å². The summed E-state index contributed by atoms with van der Waals surface area (Å²) in [5.41, 5.74) is -16.6. The van der Waals surface area contributed by atoms with Crippen molar-refractivity contribution < 1.29 is 57.6 Å². The van der Waals surface area contributed by atoms with E-state index in [1.54, 1.807) is 0 Å². The van der Waals surface area contributed by atoms with Gasteiger partial charge >= 0.3 is 0 Å². The van der Waals surface area contributed by atoms with Crippen LogP contribution in [0.25, 0.3) is 83.1 Å². The zero-order chi connectivity index (χ0) is 77.8. The fourth-order valence-electron chi connectivity index (χ4n) is 6.18. The number of nitrogens with zero attached hydrogens (tertiary/aromatic N) is 2. The molecule has 1 aromatic heterocycles. The van der Waals surface area contributed by atoms with Gasteiger partial charge in [-0.2, -0.15) is 0 Å². The molecule has 0 radical (unpaired) electrons. The summed E-state index contributed by atoms with van der Waals surface area (Å²) in [4.78, 5) is 0.138. The second-order valence-corrected chi connectivity index (χ2v) is 12.5. The maximum Gasteiger partial charge on any atom is 0.0645 e. The first-order valence-corrected chi connectivity index (χ1v) is 17.8. The van der Waals surface area contributed by atoms with Crippen molar-refractivity contribution in [2.75, 3.05) is 4.90 Å². The van der Waals surface area contributed by atoms with Gasteiger partial charge in [0.1, 0.15) is 0 Å². The van der Waals surface area contributed by atoms with Crippen molar-refractivity contribution in [2.45, 2.75) is 0 Å². The van der Waals surface area contributed by atoms with E-state index >= 15 is 0 Å². The first kappa shape index (κ1) is 13.4. The highest BCUT2D eigenvalue weighted by molar-refractivity contribution is 6.10. The first-order valence-electron chi connectivity index (χ1n) is 38.8. The number of para-hydroxylation sites is 2. The Hall–Kier alpha value is -8.20. The summed E-state index contributed by atoms with van der Waals surface area (Å²) in [5.74, 6) is 0. The van der Waals surface area contributed by atoms with Crippen LogP contribution in [0.5, 0.6) is 0 Å². The smallest absolute Gasteiger partial charge is 0.0645 e. The lowest BCUT2D eigenvalue weighted by Gasteiger charge is -2.26. The van der Waals surface area contributed by atoms with Crippen molar-refractivity contribution in [2.24, 2.45) is 0 Å². The highest BCUT2D eigenvalue weighted by atomic mass is 15.1. The normalized spacial score (nSPS) is 20.7. The molecule has 0 amide bonds. The Bertz CT molecular complexity index is 5630. The Labute approximate surface area is 421 Å². The quantitative estimate of drug-likeness (QED) is 0.141. The standard InChI is InChI=1S/C60H42N2/c1-4-14-43(15-5-1)44-24-26-45(27-25-44)46-28-35-52(36-29-46)61(54-39-32-49(33-40-54)56-21-11-10-20-55(56)48-16-6-2-7-17-48)53-37-30-47(31-38-53)50-34-41-60-58(42-50)57-22-12-13-23-59(57)62(60)51-18-8-3-9-19-51/h1-42H/i1D,2D,3D,4D,5D,6D,7D,8D,9D,10D,11D,12D,13D,14D,15D,16D,17D,18D,19D,20D,21D,22D,23D,24D,25D,26D,27D,28D,29D,30D,31D,32D,33D,34D,35D,36D,37D,38D,39D,40D,41D,42D. The van der Waals surface area contributed by atoms with Gasteiger partial charge in [-0.25, -0.2) is 0 Å².